The third-order valence-electron chi connectivity index (χ3n) is 9.23. The van der Waals surface area contributed by atoms with Gasteiger partial charge in [-0.15, -0.1) is 0 Å². The third-order valence-corrected chi connectivity index (χ3v) is 9.23. The molecule has 3 heteroatoms. The first kappa shape index (κ1) is 17.9. The summed E-state index contributed by atoms with van der Waals surface area (Å²) < 4.78 is 0. The Bertz CT molecular complexity index is 478. The molecule has 3 aliphatic heterocycles. The zero-order valence-electron chi connectivity index (χ0n) is 17.4. The van der Waals surface area contributed by atoms with Gasteiger partial charge in [-0.2, -0.15) is 0 Å². The predicted molar refractivity (Wildman–Crippen MR) is 108 cm³/mol. The molecule has 0 bridgehead atoms. The van der Waals surface area contributed by atoms with E-state index in [9.17, 15) is 0 Å². The predicted octanol–water partition coefficient (Wildman–Crippen LogP) is 3.84. The van der Waals surface area contributed by atoms with E-state index in [2.05, 4.69) is 28.7 Å². The van der Waals surface area contributed by atoms with Crippen LogP contribution in [0.2, 0.25) is 0 Å². The molecule has 0 unspecified atom stereocenters. The molecular weight excluding hydrogens is 318 g/mol. The van der Waals surface area contributed by atoms with E-state index < -0.39 is 0 Å². The lowest BCUT2D eigenvalue weighted by Crippen LogP contribution is -2.65. The van der Waals surface area contributed by atoms with Crippen LogP contribution in [0.25, 0.3) is 0 Å². The highest BCUT2D eigenvalue weighted by Crippen LogP contribution is 2.50. The third kappa shape index (κ3) is 3.26. The molecule has 0 aromatic rings. The summed E-state index contributed by atoms with van der Waals surface area (Å²) in [6.07, 6.45) is 14.9. The number of likely N-dealkylation sites (tertiary alicyclic amines) is 3. The summed E-state index contributed by atoms with van der Waals surface area (Å²) in [5.74, 6) is 0.996. The van der Waals surface area contributed by atoms with Gasteiger partial charge in [0, 0.05) is 38.3 Å². The van der Waals surface area contributed by atoms with E-state index in [4.69, 9.17) is 0 Å². The van der Waals surface area contributed by atoms with Gasteiger partial charge in [-0.3, -0.25) is 9.80 Å². The lowest BCUT2D eigenvalue weighted by Gasteiger charge is -2.60. The Balaban J connectivity index is 1.05. The van der Waals surface area contributed by atoms with Crippen molar-refractivity contribution in [2.24, 2.45) is 16.7 Å². The molecule has 26 heavy (non-hydrogen) atoms. The Labute approximate surface area is 161 Å². The summed E-state index contributed by atoms with van der Waals surface area (Å²) in [4.78, 5) is 8.23. The van der Waals surface area contributed by atoms with E-state index in [0.717, 1.165) is 28.8 Å². The first-order valence-electron chi connectivity index (χ1n) is 11.7. The summed E-state index contributed by atoms with van der Waals surface area (Å²) in [5, 5.41) is 0. The van der Waals surface area contributed by atoms with Crippen LogP contribution in [-0.2, 0) is 0 Å². The Kier molecular flexibility index (Phi) is 4.65. The van der Waals surface area contributed by atoms with E-state index in [1.807, 2.05) is 0 Å². The molecule has 0 radical (unpaired) electrons. The van der Waals surface area contributed by atoms with Crippen LogP contribution in [0, 0.1) is 16.7 Å². The van der Waals surface area contributed by atoms with Crippen molar-refractivity contribution < 1.29 is 0 Å². The molecule has 0 atom stereocenters. The average molecular weight is 360 g/mol. The van der Waals surface area contributed by atoms with E-state index in [0.29, 0.717) is 0 Å². The van der Waals surface area contributed by atoms with Crippen molar-refractivity contribution >= 4 is 0 Å². The molecule has 5 rings (SSSR count). The van der Waals surface area contributed by atoms with Gasteiger partial charge in [0.25, 0.3) is 0 Å². The highest BCUT2D eigenvalue weighted by Gasteiger charge is 2.51. The monoisotopic (exact) mass is 359 g/mol. The van der Waals surface area contributed by atoms with Crippen LogP contribution in [0.4, 0.5) is 0 Å². The van der Waals surface area contributed by atoms with Crippen LogP contribution < -0.4 is 0 Å². The van der Waals surface area contributed by atoms with Crippen LogP contribution in [-0.4, -0.2) is 73.1 Å². The van der Waals surface area contributed by atoms with Gasteiger partial charge in [-0.05, 0) is 88.3 Å². The fourth-order valence-electron chi connectivity index (χ4n) is 7.09. The van der Waals surface area contributed by atoms with Crippen molar-refractivity contribution in [2.75, 3.05) is 46.3 Å². The van der Waals surface area contributed by atoms with Crippen molar-refractivity contribution in [2.45, 2.75) is 83.2 Å². The van der Waals surface area contributed by atoms with Gasteiger partial charge in [-0.1, -0.05) is 19.8 Å². The van der Waals surface area contributed by atoms with E-state index in [1.165, 1.54) is 103 Å². The van der Waals surface area contributed by atoms with Crippen LogP contribution in [0.3, 0.4) is 0 Å². The fraction of sp³-hybridized carbons (Fsp3) is 1.00. The Morgan fingerprint density at radius 3 is 1.54 bits per heavy atom. The first-order valence-corrected chi connectivity index (χ1v) is 11.7. The lowest BCUT2D eigenvalue weighted by molar-refractivity contribution is -0.108. The summed E-state index contributed by atoms with van der Waals surface area (Å²) in [5.41, 5.74) is 1.48. The molecular formula is C23H41N3. The zero-order valence-corrected chi connectivity index (χ0v) is 17.4. The lowest BCUT2D eigenvalue weighted by atomic mass is 9.63. The van der Waals surface area contributed by atoms with E-state index in [1.54, 1.807) is 0 Å². The van der Waals surface area contributed by atoms with Crippen LogP contribution in [0.15, 0.2) is 0 Å². The van der Waals surface area contributed by atoms with Crippen molar-refractivity contribution in [3.63, 3.8) is 0 Å². The Morgan fingerprint density at radius 1 is 0.615 bits per heavy atom. The molecule has 2 spiro atoms. The minimum Gasteiger partial charge on any atom is -0.306 e. The van der Waals surface area contributed by atoms with E-state index >= 15 is 0 Å². The number of hydrogen-bond acceptors (Lipinski definition) is 3. The smallest absolute Gasteiger partial charge is 0.0120 e. The second-order valence-electron chi connectivity index (χ2n) is 11.3. The van der Waals surface area contributed by atoms with Gasteiger partial charge in [0.15, 0.2) is 0 Å². The van der Waals surface area contributed by atoms with Gasteiger partial charge >= 0.3 is 0 Å². The molecule has 0 aromatic carbocycles. The van der Waals surface area contributed by atoms with Gasteiger partial charge in [0.2, 0.25) is 0 Å². The SMILES string of the molecule is CC1CCC2(CC1)CN(C1CCC3(CC1)CN(C1CCN(C)CC1)C3)C2. The van der Waals surface area contributed by atoms with Gasteiger partial charge in [0.1, 0.15) is 0 Å². The standard InChI is InChI=1S/C23H41N3/c1-19-3-9-22(10-4-19)15-25(16-22)20-5-11-23(12-6-20)17-26(18-23)21-7-13-24(2)14-8-21/h19-21H,3-18H2,1-2H3. The van der Waals surface area contributed by atoms with Gasteiger partial charge < -0.3 is 4.90 Å². The molecule has 5 aliphatic rings. The first-order chi connectivity index (χ1) is 12.5. The summed E-state index contributed by atoms with van der Waals surface area (Å²) >= 11 is 0. The highest BCUT2D eigenvalue weighted by molar-refractivity contribution is 5.05. The number of nitrogens with zero attached hydrogens (tertiary/aromatic N) is 3. The zero-order chi connectivity index (χ0) is 17.8. The van der Waals surface area contributed by atoms with Crippen molar-refractivity contribution in [3.05, 3.63) is 0 Å². The van der Waals surface area contributed by atoms with Gasteiger partial charge in [0.05, 0.1) is 0 Å². The average Bonchev–Trinajstić information content (AvgIpc) is 2.60. The molecule has 148 valence electrons. The van der Waals surface area contributed by atoms with Crippen LogP contribution in [0.5, 0.6) is 0 Å². The molecule has 5 fully saturated rings. The van der Waals surface area contributed by atoms with Crippen LogP contribution >= 0.6 is 0 Å². The molecule has 3 nitrogen and oxygen atoms in total. The minimum absolute atomic E-state index is 0.725. The number of rotatable bonds is 2. The molecule has 0 amide bonds. The molecule has 2 aliphatic carbocycles. The molecule has 0 N–H and O–H groups in total. The number of piperidine rings is 1. The Hall–Kier alpha value is -0.120. The maximum atomic E-state index is 2.89. The maximum Gasteiger partial charge on any atom is 0.0120 e. The topological polar surface area (TPSA) is 9.72 Å². The second-order valence-corrected chi connectivity index (χ2v) is 11.3. The fourth-order valence-corrected chi connectivity index (χ4v) is 7.09. The molecule has 2 saturated carbocycles. The largest absolute Gasteiger partial charge is 0.306 e. The second kappa shape index (κ2) is 6.74. The minimum atomic E-state index is 0.725. The molecule has 0 aromatic heterocycles. The van der Waals surface area contributed by atoms with Crippen molar-refractivity contribution in [1.29, 1.82) is 0 Å². The van der Waals surface area contributed by atoms with Crippen molar-refractivity contribution in [1.82, 2.24) is 14.7 Å². The summed E-state index contributed by atoms with van der Waals surface area (Å²) in [6, 6.07) is 1.83. The Morgan fingerprint density at radius 2 is 1.04 bits per heavy atom. The highest BCUT2D eigenvalue weighted by atomic mass is 15.3. The van der Waals surface area contributed by atoms with Crippen molar-refractivity contribution in [3.8, 4) is 0 Å². The molecule has 3 saturated heterocycles. The quantitative estimate of drug-likeness (QED) is 0.742. The molecule has 3 heterocycles. The van der Waals surface area contributed by atoms with E-state index in [-0.39, 0.29) is 0 Å². The normalized spacial score (nSPS) is 36.9. The van der Waals surface area contributed by atoms with Gasteiger partial charge in [-0.25, -0.2) is 0 Å². The summed E-state index contributed by atoms with van der Waals surface area (Å²) in [6.45, 7) is 10.8. The summed E-state index contributed by atoms with van der Waals surface area (Å²) in [7, 11) is 2.28. The number of hydrogen-bond donors (Lipinski definition) is 0. The maximum absolute atomic E-state index is 2.89. The van der Waals surface area contributed by atoms with Crippen LogP contribution in [0.1, 0.15) is 71.1 Å².